The molecule has 1 aromatic rings. The highest BCUT2D eigenvalue weighted by atomic mass is 16.6. The maximum atomic E-state index is 12.7. The van der Waals surface area contributed by atoms with Crippen molar-refractivity contribution >= 4 is 17.7 Å². The van der Waals surface area contributed by atoms with Crippen LogP contribution in [-0.4, -0.2) is 48.2 Å². The summed E-state index contributed by atoms with van der Waals surface area (Å²) in [5, 5.41) is 3.08. The molecule has 0 saturated carbocycles. The Morgan fingerprint density at radius 2 is 1.96 bits per heavy atom. The first kappa shape index (κ1) is 18.4. The number of amides is 2. The predicted octanol–water partition coefficient (Wildman–Crippen LogP) is 2.33. The van der Waals surface area contributed by atoms with Crippen LogP contribution in [0.5, 0.6) is 5.75 Å². The van der Waals surface area contributed by atoms with Crippen molar-refractivity contribution in [2.75, 3.05) is 25.4 Å². The zero-order chi connectivity index (χ0) is 18.9. The lowest BCUT2D eigenvalue weighted by Gasteiger charge is -2.33. The van der Waals surface area contributed by atoms with E-state index in [4.69, 9.17) is 15.2 Å². The minimum Gasteiger partial charge on any atom is -0.491 e. The van der Waals surface area contributed by atoms with Crippen molar-refractivity contribution in [3.8, 4) is 5.75 Å². The van der Waals surface area contributed by atoms with Gasteiger partial charge in [-0.2, -0.15) is 0 Å². The molecule has 142 valence electrons. The van der Waals surface area contributed by atoms with Gasteiger partial charge in [-0.15, -0.1) is 0 Å². The lowest BCUT2D eigenvalue weighted by molar-refractivity contribution is 0.0199. The van der Waals surface area contributed by atoms with Crippen molar-refractivity contribution in [1.29, 1.82) is 0 Å². The molecule has 0 aromatic heterocycles. The fraction of sp³-hybridized carbons (Fsp3) is 0.579. The molecule has 3 rings (SSSR count). The van der Waals surface area contributed by atoms with Gasteiger partial charge in [0.2, 0.25) is 0 Å². The smallest absolute Gasteiger partial charge is 0.410 e. The van der Waals surface area contributed by atoms with E-state index in [9.17, 15) is 9.59 Å². The van der Waals surface area contributed by atoms with Crippen LogP contribution in [0.2, 0.25) is 0 Å². The molecule has 26 heavy (non-hydrogen) atoms. The average Bonchev–Trinajstić information content (AvgIpc) is 3.04. The summed E-state index contributed by atoms with van der Waals surface area (Å²) in [7, 11) is 0. The minimum absolute atomic E-state index is 0.0386. The number of anilines is 1. The van der Waals surface area contributed by atoms with Crippen LogP contribution in [0.4, 0.5) is 10.5 Å². The van der Waals surface area contributed by atoms with E-state index in [-0.39, 0.29) is 18.0 Å². The van der Waals surface area contributed by atoms with Gasteiger partial charge in [-0.25, -0.2) is 4.79 Å². The Hall–Kier alpha value is -2.44. The van der Waals surface area contributed by atoms with Crippen LogP contribution in [0.3, 0.4) is 0 Å². The number of nitrogens with one attached hydrogen (secondary N) is 1. The molecule has 7 nitrogen and oxygen atoms in total. The highest BCUT2D eigenvalue weighted by Crippen LogP contribution is 2.34. The largest absolute Gasteiger partial charge is 0.491 e. The first-order valence-electron chi connectivity index (χ1n) is 9.07. The maximum absolute atomic E-state index is 12.7. The zero-order valence-electron chi connectivity index (χ0n) is 15.6. The van der Waals surface area contributed by atoms with Gasteiger partial charge in [0.1, 0.15) is 11.4 Å². The molecule has 1 saturated heterocycles. The molecule has 2 heterocycles. The fourth-order valence-corrected chi connectivity index (χ4v) is 3.33. The molecule has 0 spiro atoms. The second-order valence-corrected chi connectivity index (χ2v) is 7.82. The summed E-state index contributed by atoms with van der Waals surface area (Å²) in [4.78, 5) is 26.5. The number of carbonyl (C=O) groups excluding carboxylic acids is 2. The second-order valence-electron chi connectivity index (χ2n) is 7.82. The number of rotatable bonds is 2. The summed E-state index contributed by atoms with van der Waals surface area (Å²) in [6.45, 7) is 7.26. The van der Waals surface area contributed by atoms with Gasteiger partial charge in [0, 0.05) is 36.7 Å². The first-order chi connectivity index (χ1) is 12.2. The zero-order valence-corrected chi connectivity index (χ0v) is 15.6. The van der Waals surface area contributed by atoms with E-state index in [1.54, 1.807) is 17.0 Å². The van der Waals surface area contributed by atoms with E-state index in [2.05, 4.69) is 5.32 Å². The summed E-state index contributed by atoms with van der Waals surface area (Å²) in [6, 6.07) is 3.51. The number of benzene rings is 1. The number of nitrogen functional groups attached to an aromatic ring is 1. The number of likely N-dealkylation sites (tertiary alicyclic amines) is 1. The average molecular weight is 361 g/mol. The molecule has 2 amide bonds. The Bertz CT molecular complexity index is 703. The van der Waals surface area contributed by atoms with Crippen molar-refractivity contribution < 1.29 is 19.1 Å². The van der Waals surface area contributed by atoms with Crippen molar-refractivity contribution in [1.82, 2.24) is 10.2 Å². The summed E-state index contributed by atoms with van der Waals surface area (Å²) in [5.41, 5.74) is 7.48. The lowest BCUT2D eigenvalue weighted by atomic mass is 10.0. The molecule has 0 bridgehead atoms. The molecule has 0 aliphatic carbocycles. The third kappa shape index (κ3) is 4.03. The molecule has 2 aliphatic heterocycles. The van der Waals surface area contributed by atoms with Crippen LogP contribution in [0.15, 0.2) is 12.1 Å². The van der Waals surface area contributed by atoms with E-state index >= 15 is 0 Å². The van der Waals surface area contributed by atoms with Gasteiger partial charge in [-0.3, -0.25) is 4.79 Å². The molecule has 7 heteroatoms. The third-order valence-corrected chi connectivity index (χ3v) is 4.62. The van der Waals surface area contributed by atoms with Gasteiger partial charge < -0.3 is 25.4 Å². The monoisotopic (exact) mass is 361 g/mol. The van der Waals surface area contributed by atoms with E-state index in [1.165, 1.54) is 0 Å². The van der Waals surface area contributed by atoms with Crippen molar-refractivity contribution in [2.24, 2.45) is 0 Å². The first-order valence-corrected chi connectivity index (χ1v) is 9.07. The molecule has 2 aliphatic rings. The summed E-state index contributed by atoms with van der Waals surface area (Å²) in [6.07, 6.45) is 1.81. The van der Waals surface area contributed by atoms with Crippen molar-refractivity contribution in [3.63, 3.8) is 0 Å². The van der Waals surface area contributed by atoms with Crippen LogP contribution >= 0.6 is 0 Å². The Kier molecular flexibility index (Phi) is 4.98. The molecule has 0 radical (unpaired) electrons. The summed E-state index contributed by atoms with van der Waals surface area (Å²) < 4.78 is 10.9. The maximum Gasteiger partial charge on any atom is 0.410 e. The van der Waals surface area contributed by atoms with Gasteiger partial charge in [-0.1, -0.05) is 0 Å². The van der Waals surface area contributed by atoms with E-state index in [0.717, 1.165) is 5.56 Å². The van der Waals surface area contributed by atoms with Gasteiger partial charge >= 0.3 is 6.09 Å². The summed E-state index contributed by atoms with van der Waals surface area (Å²) >= 11 is 0. The highest BCUT2D eigenvalue weighted by Gasteiger charge is 2.29. The fourth-order valence-electron chi connectivity index (χ4n) is 3.33. The number of ether oxygens (including phenoxy) is 2. The SMILES string of the molecule is CC(C)(C)OC(=O)N1CCC(NC(=O)c2ccc(N)c3c2CCO3)CC1. The van der Waals surface area contributed by atoms with Crippen LogP contribution in [-0.2, 0) is 11.2 Å². The number of nitrogens with zero attached hydrogens (tertiary/aromatic N) is 1. The minimum atomic E-state index is -0.500. The number of nitrogens with two attached hydrogens (primary N) is 1. The van der Waals surface area contributed by atoms with E-state index < -0.39 is 5.60 Å². The number of hydrogen-bond acceptors (Lipinski definition) is 5. The predicted molar refractivity (Wildman–Crippen MR) is 98.3 cm³/mol. The molecule has 1 fully saturated rings. The van der Waals surface area contributed by atoms with E-state index in [0.29, 0.717) is 56.0 Å². The van der Waals surface area contributed by atoms with Crippen LogP contribution in [0, 0.1) is 0 Å². The topological polar surface area (TPSA) is 93.9 Å². The Balaban J connectivity index is 1.56. The molecular formula is C19H27N3O4. The van der Waals surface area contributed by atoms with Crippen LogP contribution in [0.25, 0.3) is 0 Å². The van der Waals surface area contributed by atoms with Gasteiger partial charge in [0.15, 0.2) is 0 Å². The number of carbonyl (C=O) groups is 2. The van der Waals surface area contributed by atoms with E-state index in [1.807, 2.05) is 20.8 Å². The van der Waals surface area contributed by atoms with Gasteiger partial charge in [0.25, 0.3) is 5.91 Å². The van der Waals surface area contributed by atoms with Crippen LogP contribution in [0.1, 0.15) is 49.5 Å². The number of piperidine rings is 1. The molecule has 0 unspecified atom stereocenters. The van der Waals surface area contributed by atoms with Gasteiger partial charge in [0.05, 0.1) is 12.3 Å². The molecule has 0 atom stereocenters. The van der Waals surface area contributed by atoms with Crippen molar-refractivity contribution in [2.45, 2.75) is 51.7 Å². The normalized spacial score (nSPS) is 17.4. The Morgan fingerprint density at radius 1 is 1.27 bits per heavy atom. The van der Waals surface area contributed by atoms with Gasteiger partial charge in [-0.05, 0) is 45.7 Å². The number of fused-ring (bicyclic) bond motifs is 1. The molecule has 3 N–H and O–H groups in total. The lowest BCUT2D eigenvalue weighted by Crippen LogP contribution is -2.47. The highest BCUT2D eigenvalue weighted by molar-refractivity contribution is 5.97. The number of hydrogen-bond donors (Lipinski definition) is 2. The quantitative estimate of drug-likeness (QED) is 0.789. The third-order valence-electron chi connectivity index (χ3n) is 4.62. The van der Waals surface area contributed by atoms with Crippen LogP contribution < -0.4 is 15.8 Å². The second kappa shape index (κ2) is 7.05. The molecular weight excluding hydrogens is 334 g/mol. The Morgan fingerprint density at radius 3 is 2.62 bits per heavy atom. The standard InChI is InChI=1S/C19H27N3O4/c1-19(2,3)26-18(24)22-9-6-12(7-10-22)21-17(23)14-4-5-15(20)16-13(14)8-11-25-16/h4-5,12H,6-11,20H2,1-3H3,(H,21,23). The summed E-state index contributed by atoms with van der Waals surface area (Å²) in [5.74, 6) is 0.528. The Labute approximate surface area is 153 Å². The van der Waals surface area contributed by atoms with Crippen molar-refractivity contribution in [3.05, 3.63) is 23.3 Å². The molecule has 1 aromatic carbocycles.